The van der Waals surface area contributed by atoms with E-state index in [1.54, 1.807) is 0 Å². The summed E-state index contributed by atoms with van der Waals surface area (Å²) in [5.41, 5.74) is 1.23. The first-order chi connectivity index (χ1) is 7.72. The summed E-state index contributed by atoms with van der Waals surface area (Å²) < 4.78 is 6.88. The van der Waals surface area contributed by atoms with Gasteiger partial charge in [-0.2, -0.15) is 0 Å². The molecule has 0 spiro atoms. The number of halogens is 1. The Hall–Kier alpha value is -0.610. The van der Waals surface area contributed by atoms with Crippen LogP contribution >= 0.6 is 15.9 Å². The number of fused-ring (bicyclic) bond motifs is 2. The fourth-order valence-electron chi connectivity index (χ4n) is 2.65. The van der Waals surface area contributed by atoms with Crippen molar-refractivity contribution in [2.24, 2.45) is 0 Å². The molecular weight excluding hydrogens is 268 g/mol. The van der Waals surface area contributed by atoms with Crippen LogP contribution in [0.25, 0.3) is 0 Å². The molecule has 0 N–H and O–H groups in total. The standard InChI is InChI=1S/C12H15BrN2O/c1-8-4-9(13)5-14-12(8)15-6-10-2-3-11(7-15)16-10/h4-5,10-11H,2-3,6-7H2,1H3. The first-order valence-corrected chi connectivity index (χ1v) is 6.54. The van der Waals surface area contributed by atoms with Crippen molar-refractivity contribution in [3.63, 3.8) is 0 Å². The molecule has 0 saturated carbocycles. The number of ether oxygens (including phenoxy) is 1. The first kappa shape index (κ1) is 10.5. The molecule has 3 heterocycles. The number of anilines is 1. The van der Waals surface area contributed by atoms with Gasteiger partial charge >= 0.3 is 0 Å². The van der Waals surface area contributed by atoms with Crippen LogP contribution in [0.1, 0.15) is 18.4 Å². The van der Waals surface area contributed by atoms with Crippen molar-refractivity contribution in [1.82, 2.24) is 4.98 Å². The predicted molar refractivity (Wildman–Crippen MR) is 66.8 cm³/mol. The fourth-order valence-corrected chi connectivity index (χ4v) is 3.10. The quantitative estimate of drug-likeness (QED) is 0.792. The van der Waals surface area contributed by atoms with Crippen molar-refractivity contribution in [2.75, 3.05) is 18.0 Å². The molecule has 2 aliphatic rings. The zero-order valence-corrected chi connectivity index (χ0v) is 10.9. The Morgan fingerprint density at radius 2 is 2.06 bits per heavy atom. The largest absolute Gasteiger partial charge is 0.371 e. The molecule has 0 amide bonds. The molecular formula is C12H15BrN2O. The second kappa shape index (κ2) is 4.00. The van der Waals surface area contributed by atoms with Crippen LogP contribution in [0.3, 0.4) is 0 Å². The minimum atomic E-state index is 0.420. The highest BCUT2D eigenvalue weighted by molar-refractivity contribution is 9.10. The maximum Gasteiger partial charge on any atom is 0.131 e. The predicted octanol–water partition coefficient (Wildman–Crippen LogP) is 2.52. The van der Waals surface area contributed by atoms with Gasteiger partial charge in [-0.1, -0.05) is 0 Å². The zero-order valence-electron chi connectivity index (χ0n) is 9.32. The lowest BCUT2D eigenvalue weighted by Crippen LogP contribution is -2.43. The molecule has 0 aromatic carbocycles. The number of pyridine rings is 1. The van der Waals surface area contributed by atoms with Gasteiger partial charge in [0, 0.05) is 23.8 Å². The maximum atomic E-state index is 5.83. The van der Waals surface area contributed by atoms with E-state index in [1.165, 1.54) is 18.4 Å². The average molecular weight is 283 g/mol. The summed E-state index contributed by atoms with van der Waals surface area (Å²) in [6, 6.07) is 2.12. The van der Waals surface area contributed by atoms with Crippen molar-refractivity contribution in [1.29, 1.82) is 0 Å². The van der Waals surface area contributed by atoms with Crippen LogP contribution in [-0.2, 0) is 4.74 Å². The van der Waals surface area contributed by atoms with Gasteiger partial charge in [0.1, 0.15) is 5.82 Å². The Balaban J connectivity index is 1.87. The van der Waals surface area contributed by atoms with Gasteiger partial charge in [-0.15, -0.1) is 0 Å². The molecule has 2 atom stereocenters. The fraction of sp³-hybridized carbons (Fsp3) is 0.583. The third-order valence-corrected chi connectivity index (χ3v) is 3.79. The van der Waals surface area contributed by atoms with E-state index in [9.17, 15) is 0 Å². The first-order valence-electron chi connectivity index (χ1n) is 5.75. The van der Waals surface area contributed by atoms with Gasteiger partial charge in [0.2, 0.25) is 0 Å². The van der Waals surface area contributed by atoms with E-state index < -0.39 is 0 Å². The lowest BCUT2D eigenvalue weighted by atomic mass is 10.2. The Kier molecular flexibility index (Phi) is 2.64. The average Bonchev–Trinajstić information content (AvgIpc) is 2.58. The Morgan fingerprint density at radius 1 is 1.38 bits per heavy atom. The van der Waals surface area contributed by atoms with Gasteiger partial charge in [-0.05, 0) is 47.3 Å². The lowest BCUT2D eigenvalue weighted by molar-refractivity contribution is 0.0302. The van der Waals surface area contributed by atoms with E-state index in [4.69, 9.17) is 4.74 Å². The van der Waals surface area contributed by atoms with Crippen LogP contribution in [0.2, 0.25) is 0 Å². The van der Waals surface area contributed by atoms with Crippen LogP contribution in [0.15, 0.2) is 16.7 Å². The zero-order chi connectivity index (χ0) is 11.1. The van der Waals surface area contributed by atoms with E-state index in [1.807, 2.05) is 6.20 Å². The van der Waals surface area contributed by atoms with E-state index in [-0.39, 0.29) is 0 Å². The molecule has 1 aromatic heterocycles. The Labute approximate surface area is 104 Å². The number of hydrogen-bond acceptors (Lipinski definition) is 3. The third-order valence-electron chi connectivity index (χ3n) is 3.36. The van der Waals surface area contributed by atoms with Crippen LogP contribution in [0, 0.1) is 6.92 Å². The van der Waals surface area contributed by atoms with Crippen molar-refractivity contribution >= 4 is 21.7 Å². The van der Waals surface area contributed by atoms with E-state index in [0.29, 0.717) is 12.2 Å². The molecule has 16 heavy (non-hydrogen) atoms. The van der Waals surface area contributed by atoms with E-state index in [0.717, 1.165) is 23.4 Å². The minimum Gasteiger partial charge on any atom is -0.371 e. The summed E-state index contributed by atoms with van der Waals surface area (Å²) in [4.78, 5) is 6.89. The molecule has 4 heteroatoms. The monoisotopic (exact) mass is 282 g/mol. The molecule has 3 rings (SSSR count). The molecule has 0 radical (unpaired) electrons. The van der Waals surface area contributed by atoms with Crippen molar-refractivity contribution in [3.05, 3.63) is 22.3 Å². The Bertz CT molecular complexity index is 398. The highest BCUT2D eigenvalue weighted by Gasteiger charge is 2.34. The number of nitrogens with zero attached hydrogens (tertiary/aromatic N) is 2. The molecule has 2 bridgehead atoms. The normalized spacial score (nSPS) is 28.5. The SMILES string of the molecule is Cc1cc(Br)cnc1N1CC2CCC(C1)O2. The summed E-state index contributed by atoms with van der Waals surface area (Å²) in [6.45, 7) is 4.10. The number of hydrogen-bond donors (Lipinski definition) is 0. The van der Waals surface area contributed by atoms with Gasteiger partial charge in [-0.25, -0.2) is 4.98 Å². The summed E-state index contributed by atoms with van der Waals surface area (Å²) in [6.07, 6.45) is 5.12. The Morgan fingerprint density at radius 3 is 2.69 bits per heavy atom. The molecule has 1 aromatic rings. The summed E-state index contributed by atoms with van der Waals surface area (Å²) in [5.74, 6) is 1.11. The molecule has 86 valence electrons. The van der Waals surface area contributed by atoms with Crippen molar-refractivity contribution in [2.45, 2.75) is 32.0 Å². The number of rotatable bonds is 1. The van der Waals surface area contributed by atoms with Gasteiger partial charge in [-0.3, -0.25) is 0 Å². The summed E-state index contributed by atoms with van der Waals surface area (Å²) in [7, 11) is 0. The van der Waals surface area contributed by atoms with Crippen LogP contribution < -0.4 is 4.90 Å². The molecule has 2 aliphatic heterocycles. The highest BCUT2D eigenvalue weighted by atomic mass is 79.9. The van der Waals surface area contributed by atoms with Gasteiger partial charge < -0.3 is 9.64 Å². The number of aromatic nitrogens is 1. The van der Waals surface area contributed by atoms with Crippen molar-refractivity contribution < 1.29 is 4.74 Å². The van der Waals surface area contributed by atoms with Gasteiger partial charge in [0.15, 0.2) is 0 Å². The maximum absolute atomic E-state index is 5.83. The van der Waals surface area contributed by atoms with E-state index in [2.05, 4.69) is 38.8 Å². The number of morpholine rings is 1. The highest BCUT2D eigenvalue weighted by Crippen LogP contribution is 2.30. The molecule has 0 aliphatic carbocycles. The summed E-state index contributed by atoms with van der Waals surface area (Å²) >= 11 is 3.45. The van der Waals surface area contributed by atoms with Gasteiger partial charge in [0.05, 0.1) is 12.2 Å². The van der Waals surface area contributed by atoms with Gasteiger partial charge in [0.25, 0.3) is 0 Å². The second-order valence-electron chi connectivity index (χ2n) is 4.66. The smallest absolute Gasteiger partial charge is 0.131 e. The third kappa shape index (κ3) is 1.84. The summed E-state index contributed by atoms with van der Waals surface area (Å²) in [5, 5.41) is 0. The molecule has 2 saturated heterocycles. The molecule has 3 nitrogen and oxygen atoms in total. The van der Waals surface area contributed by atoms with Crippen LogP contribution in [0.5, 0.6) is 0 Å². The number of aryl methyl sites for hydroxylation is 1. The lowest BCUT2D eigenvalue weighted by Gasteiger charge is -2.33. The van der Waals surface area contributed by atoms with Crippen LogP contribution in [0.4, 0.5) is 5.82 Å². The second-order valence-corrected chi connectivity index (χ2v) is 5.57. The molecule has 2 unspecified atom stereocenters. The topological polar surface area (TPSA) is 25.4 Å². The van der Waals surface area contributed by atoms with Crippen molar-refractivity contribution in [3.8, 4) is 0 Å². The minimum absolute atomic E-state index is 0.420. The van der Waals surface area contributed by atoms with Crippen LogP contribution in [-0.4, -0.2) is 30.3 Å². The van der Waals surface area contributed by atoms with E-state index >= 15 is 0 Å². The molecule has 2 fully saturated rings.